The fourth-order valence-electron chi connectivity index (χ4n) is 0.385. The molecule has 0 fully saturated rings. The number of hydrogen-bond donors (Lipinski definition) is 1. The summed E-state index contributed by atoms with van der Waals surface area (Å²) in [5.41, 5.74) is 0. The van der Waals surface area contributed by atoms with E-state index in [1.807, 2.05) is 36.4 Å². The maximum absolute atomic E-state index is 7.00. The van der Waals surface area contributed by atoms with Crippen LogP contribution < -0.4 is 0 Å². The van der Waals surface area contributed by atoms with Crippen LogP contribution in [0.3, 0.4) is 0 Å². The van der Waals surface area contributed by atoms with Crippen molar-refractivity contribution in [3.8, 4) is 0 Å². The minimum atomic E-state index is 0. The summed E-state index contributed by atoms with van der Waals surface area (Å²) in [6, 6.07) is 12.0. The zero-order valence-electron chi connectivity index (χ0n) is 6.95. The quantitative estimate of drug-likeness (QED) is 0.650. The predicted octanol–water partition coefficient (Wildman–Crippen LogP) is 2.06. The lowest BCUT2D eigenvalue weighted by atomic mass is 10.4. The normalized spacial score (nSPS) is 4.15. The van der Waals surface area contributed by atoms with E-state index in [2.05, 4.69) is 0 Å². The second kappa shape index (κ2) is 44.9. The van der Waals surface area contributed by atoms with Crippen molar-refractivity contribution in [1.82, 2.24) is 0 Å². The van der Waals surface area contributed by atoms with Gasteiger partial charge in [0.1, 0.15) is 0 Å². The predicted molar refractivity (Wildman–Crippen MR) is 47.1 cm³/mol. The van der Waals surface area contributed by atoms with Crippen LogP contribution in [0.5, 0.6) is 0 Å². The number of rotatable bonds is 0. The molecule has 0 bridgehead atoms. The van der Waals surface area contributed by atoms with E-state index in [1.54, 1.807) is 0 Å². The van der Waals surface area contributed by atoms with Crippen LogP contribution in [-0.2, 0) is 0 Å². The first-order valence-electron chi connectivity index (χ1n) is 2.45. The molecule has 0 radical (unpaired) electrons. The summed E-state index contributed by atoms with van der Waals surface area (Å²) >= 11 is 0. The summed E-state index contributed by atoms with van der Waals surface area (Å²) in [4.78, 5) is 0. The maximum Gasteiger partial charge on any atom is 0.0319 e. The summed E-state index contributed by atoms with van der Waals surface area (Å²) in [5.74, 6) is 0. The first kappa shape index (κ1) is 40.8. The number of hydrogen-bond acceptors (Lipinski definition) is 1. The van der Waals surface area contributed by atoms with Gasteiger partial charge in [-0.05, 0) is 0 Å². The molecule has 1 aromatic carbocycles. The molecule has 0 aliphatic heterocycles. The van der Waals surface area contributed by atoms with Crippen LogP contribution in [0.4, 0.5) is 23.5 Å². The van der Waals surface area contributed by atoms with E-state index in [9.17, 15) is 0 Å². The van der Waals surface area contributed by atoms with Crippen LogP contribution in [0.2, 0.25) is 0 Å². The average molecular weight is 210 g/mol. The highest BCUT2D eigenvalue weighted by molar-refractivity contribution is 4.99. The highest BCUT2D eigenvalue weighted by Gasteiger charge is 1.57. The molecule has 1 aromatic rings. The van der Waals surface area contributed by atoms with Gasteiger partial charge in [0.05, 0.1) is 0 Å². The van der Waals surface area contributed by atoms with Gasteiger partial charge in [-0.2, -0.15) is 0 Å². The second-order valence-corrected chi connectivity index (χ2v) is 1.15. The molecule has 0 amide bonds. The fraction of sp³-hybridized carbons (Fsp3) is 0.143. The van der Waals surface area contributed by atoms with Crippen molar-refractivity contribution < 1.29 is 28.6 Å². The lowest BCUT2D eigenvalue weighted by Gasteiger charge is -1.69. The molecule has 0 saturated heterocycles. The van der Waals surface area contributed by atoms with E-state index in [1.165, 1.54) is 0 Å². The zero-order chi connectivity index (χ0) is 6.24. The SMILES string of the molecule is CO.F.F.F.F.F.c1ccccc1. The summed E-state index contributed by atoms with van der Waals surface area (Å²) < 4.78 is 0. The van der Waals surface area contributed by atoms with Crippen molar-refractivity contribution >= 4 is 0 Å². The van der Waals surface area contributed by atoms with Gasteiger partial charge in [0.2, 0.25) is 0 Å². The Hall–Kier alpha value is -1.17. The largest absolute Gasteiger partial charge is 0.400 e. The zero-order valence-corrected chi connectivity index (χ0v) is 6.95. The third kappa shape index (κ3) is 36.2. The van der Waals surface area contributed by atoms with E-state index in [0.717, 1.165) is 7.11 Å². The fourth-order valence-corrected chi connectivity index (χ4v) is 0.385. The van der Waals surface area contributed by atoms with Crippen molar-refractivity contribution in [2.24, 2.45) is 0 Å². The van der Waals surface area contributed by atoms with Gasteiger partial charge in [-0.15, -0.1) is 0 Å². The van der Waals surface area contributed by atoms with Crippen LogP contribution in [0.25, 0.3) is 0 Å². The molecule has 1 N–H and O–H groups in total. The van der Waals surface area contributed by atoms with Crippen molar-refractivity contribution in [3.63, 3.8) is 0 Å². The highest BCUT2D eigenvalue weighted by Crippen LogP contribution is 1.79. The third-order valence-electron chi connectivity index (χ3n) is 0.667. The third-order valence-corrected chi connectivity index (χ3v) is 0.667. The van der Waals surface area contributed by atoms with Crippen LogP contribution in [0.15, 0.2) is 36.4 Å². The van der Waals surface area contributed by atoms with Crippen LogP contribution in [0, 0.1) is 0 Å². The Morgan fingerprint density at radius 1 is 0.462 bits per heavy atom. The van der Waals surface area contributed by atoms with Gasteiger partial charge < -0.3 is 5.11 Å². The van der Waals surface area contributed by atoms with Gasteiger partial charge in [-0.25, -0.2) is 0 Å². The first-order valence-corrected chi connectivity index (χ1v) is 2.45. The molecule has 0 spiro atoms. The van der Waals surface area contributed by atoms with Crippen molar-refractivity contribution in [2.75, 3.05) is 7.11 Å². The number of aliphatic hydroxyl groups is 1. The molecular formula is C7H15F5O. The van der Waals surface area contributed by atoms with Crippen LogP contribution >= 0.6 is 0 Å². The molecule has 0 saturated carbocycles. The van der Waals surface area contributed by atoms with E-state index in [4.69, 9.17) is 5.11 Å². The Morgan fingerprint density at radius 2 is 0.538 bits per heavy atom. The smallest absolute Gasteiger partial charge is 0.0319 e. The molecule has 0 aromatic heterocycles. The van der Waals surface area contributed by atoms with Gasteiger partial charge in [-0.3, -0.25) is 23.5 Å². The Bertz CT molecular complexity index is 88.8. The Balaban J connectivity index is -0.0000000166. The Kier molecular flexibility index (Phi) is 141. The lowest BCUT2D eigenvalue weighted by molar-refractivity contribution is 0.399. The molecule has 13 heavy (non-hydrogen) atoms. The molecule has 1 nitrogen and oxygen atoms in total. The van der Waals surface area contributed by atoms with E-state index in [0.29, 0.717) is 0 Å². The molecule has 1 rings (SSSR count). The topological polar surface area (TPSA) is 20.2 Å². The molecule has 0 aliphatic carbocycles. The van der Waals surface area contributed by atoms with Crippen molar-refractivity contribution in [3.05, 3.63) is 36.4 Å². The molecule has 0 atom stereocenters. The Morgan fingerprint density at radius 3 is 0.615 bits per heavy atom. The number of aliphatic hydroxyl groups excluding tert-OH is 1. The number of benzene rings is 1. The standard InChI is InChI=1S/C6H6.CH4O.5FH/c1-2-4-6-5-3-1;1-2;;;;;/h1-6H;2H,1H3;5*1H. The van der Waals surface area contributed by atoms with Gasteiger partial charge in [0, 0.05) is 7.11 Å². The highest BCUT2D eigenvalue weighted by atomic mass is 19.0. The molecule has 0 unspecified atom stereocenters. The van der Waals surface area contributed by atoms with Crippen LogP contribution in [-0.4, -0.2) is 12.2 Å². The van der Waals surface area contributed by atoms with Gasteiger partial charge in [0.25, 0.3) is 0 Å². The van der Waals surface area contributed by atoms with Crippen molar-refractivity contribution in [2.45, 2.75) is 0 Å². The number of halogens is 5. The van der Waals surface area contributed by atoms with Crippen molar-refractivity contribution in [1.29, 1.82) is 0 Å². The van der Waals surface area contributed by atoms with E-state index >= 15 is 0 Å². The molecule has 0 aliphatic rings. The first-order chi connectivity index (χ1) is 4.00. The minimum Gasteiger partial charge on any atom is -0.400 e. The molecule has 0 heterocycles. The molecule has 6 heteroatoms. The van der Waals surface area contributed by atoms with E-state index < -0.39 is 0 Å². The Labute approximate surface area is 73.2 Å². The summed E-state index contributed by atoms with van der Waals surface area (Å²) in [6.45, 7) is 0. The summed E-state index contributed by atoms with van der Waals surface area (Å²) in [7, 11) is 1.00. The van der Waals surface area contributed by atoms with Crippen LogP contribution in [0.1, 0.15) is 0 Å². The minimum absolute atomic E-state index is 0. The molecular weight excluding hydrogens is 195 g/mol. The maximum atomic E-state index is 7.00. The van der Waals surface area contributed by atoms with Gasteiger partial charge in [0.15, 0.2) is 0 Å². The summed E-state index contributed by atoms with van der Waals surface area (Å²) in [6.07, 6.45) is 0. The lowest BCUT2D eigenvalue weighted by Crippen LogP contribution is -1.47. The average Bonchev–Trinajstić information content (AvgIpc) is 1.96. The van der Waals surface area contributed by atoms with Gasteiger partial charge >= 0.3 is 0 Å². The second-order valence-electron chi connectivity index (χ2n) is 1.15. The summed E-state index contributed by atoms with van der Waals surface area (Å²) in [5, 5.41) is 7.00. The van der Waals surface area contributed by atoms with E-state index in [-0.39, 0.29) is 23.5 Å². The monoisotopic (exact) mass is 210 g/mol. The molecule has 84 valence electrons. The van der Waals surface area contributed by atoms with Gasteiger partial charge in [-0.1, -0.05) is 36.4 Å².